The summed E-state index contributed by atoms with van der Waals surface area (Å²) in [5.41, 5.74) is 9.00. The first-order valence-corrected chi connectivity index (χ1v) is 23.1. The van der Waals surface area contributed by atoms with Crippen LogP contribution in [-0.2, 0) is 0 Å². The molecule has 4 heterocycles. The van der Waals surface area contributed by atoms with Gasteiger partial charge in [-0.25, -0.2) is 0 Å². The van der Waals surface area contributed by atoms with Gasteiger partial charge in [-0.2, -0.15) is 0 Å². The lowest BCUT2D eigenvalue weighted by molar-refractivity contribution is 0.477. The average Bonchev–Trinajstić information content (AvgIpc) is 3.85. The summed E-state index contributed by atoms with van der Waals surface area (Å²) in [5, 5.41) is 9.66. The van der Waals surface area contributed by atoms with Gasteiger partial charge in [-0.3, -0.25) is 0 Å². The zero-order valence-electron chi connectivity index (χ0n) is 34.7. The molecule has 0 amide bonds. The minimum absolute atomic E-state index is 0.322. The lowest BCUT2D eigenvalue weighted by Crippen LogP contribution is -2.19. The molecule has 0 saturated carbocycles. The lowest BCUT2D eigenvalue weighted by Gasteiger charge is -2.38. The van der Waals surface area contributed by atoms with Crippen molar-refractivity contribution in [2.24, 2.45) is 0 Å². The molecule has 2 aromatic heterocycles. The van der Waals surface area contributed by atoms with Crippen molar-refractivity contribution in [2.45, 2.75) is 39.5 Å². The maximum Gasteiger partial charge on any atom is 0.152 e. The third kappa shape index (κ3) is 5.17. The number of fused-ring (bicyclic) bond motifs is 12. The molecule has 0 atom stereocenters. The van der Waals surface area contributed by atoms with Crippen molar-refractivity contribution < 1.29 is 9.47 Å². The Morgan fingerprint density at radius 3 is 1.21 bits per heavy atom. The zero-order valence-corrected chi connectivity index (χ0v) is 36.3. The molecule has 0 radical (unpaired) electrons. The average molecular weight is 837 g/mol. The number of nitrogens with zero attached hydrogens (tertiary/aromatic N) is 2. The summed E-state index contributed by atoms with van der Waals surface area (Å²) in [4.78, 5) is 4.99. The van der Waals surface area contributed by atoms with Gasteiger partial charge in [0, 0.05) is 61.9 Å². The number of anilines is 6. The zero-order chi connectivity index (χ0) is 41.4. The summed E-state index contributed by atoms with van der Waals surface area (Å²) < 4.78 is 18.8. The fraction of sp³-hybridized carbons (Fsp3) is 0.107. The highest BCUT2D eigenvalue weighted by atomic mass is 32.1. The number of ether oxygens (including phenoxy) is 2. The van der Waals surface area contributed by atoms with Gasteiger partial charge in [-0.05, 0) is 95.8 Å². The van der Waals surface area contributed by atoms with Crippen LogP contribution in [0.5, 0.6) is 23.0 Å². The highest BCUT2D eigenvalue weighted by Crippen LogP contribution is 2.60. The van der Waals surface area contributed by atoms with E-state index in [1.54, 1.807) is 0 Å². The van der Waals surface area contributed by atoms with E-state index in [0.29, 0.717) is 11.8 Å². The number of hydrogen-bond acceptors (Lipinski definition) is 6. The second-order valence-electron chi connectivity index (χ2n) is 17.3. The molecule has 2 aliphatic heterocycles. The van der Waals surface area contributed by atoms with Crippen LogP contribution in [0.25, 0.3) is 61.9 Å². The minimum atomic E-state index is 0.322. The van der Waals surface area contributed by atoms with Crippen LogP contribution in [0.1, 0.15) is 50.7 Å². The van der Waals surface area contributed by atoms with E-state index in [-0.39, 0.29) is 0 Å². The van der Waals surface area contributed by atoms with Crippen LogP contribution in [0.3, 0.4) is 0 Å². The number of thiophene rings is 2. The van der Waals surface area contributed by atoms with E-state index in [2.05, 4.69) is 195 Å². The number of para-hydroxylation sites is 4. The van der Waals surface area contributed by atoms with Crippen molar-refractivity contribution in [1.82, 2.24) is 0 Å². The Bertz CT molecular complexity index is 3450. The molecule has 298 valence electrons. The van der Waals surface area contributed by atoms with Crippen molar-refractivity contribution >= 4 is 119 Å². The van der Waals surface area contributed by atoms with Gasteiger partial charge in [0.2, 0.25) is 0 Å². The highest BCUT2D eigenvalue weighted by molar-refractivity contribution is 7.26. The van der Waals surface area contributed by atoms with Crippen LogP contribution in [-0.4, -0.2) is 0 Å². The first-order chi connectivity index (χ1) is 30.4. The Kier molecular flexibility index (Phi) is 7.70. The third-order valence-electron chi connectivity index (χ3n) is 12.9. The molecule has 0 saturated heterocycles. The largest absolute Gasteiger partial charge is 0.453 e. The molecule has 0 aliphatic carbocycles. The summed E-state index contributed by atoms with van der Waals surface area (Å²) >= 11 is 3.68. The van der Waals surface area contributed by atoms with Gasteiger partial charge >= 0.3 is 0 Å². The van der Waals surface area contributed by atoms with Crippen molar-refractivity contribution in [3.8, 4) is 23.0 Å². The molecule has 4 nitrogen and oxygen atoms in total. The van der Waals surface area contributed by atoms with E-state index in [9.17, 15) is 0 Å². The molecule has 9 aromatic carbocycles. The topological polar surface area (TPSA) is 24.9 Å². The second-order valence-corrected chi connectivity index (χ2v) is 19.4. The van der Waals surface area contributed by atoms with Crippen molar-refractivity contribution in [3.05, 3.63) is 169 Å². The Balaban J connectivity index is 1.18. The highest BCUT2D eigenvalue weighted by Gasteiger charge is 2.34. The summed E-state index contributed by atoms with van der Waals surface area (Å²) in [5.74, 6) is 4.03. The first-order valence-electron chi connectivity index (χ1n) is 21.5. The van der Waals surface area contributed by atoms with Gasteiger partial charge in [-0.15, -0.1) is 22.7 Å². The Labute approximate surface area is 367 Å². The molecule has 11 aromatic rings. The van der Waals surface area contributed by atoms with Crippen LogP contribution in [0.4, 0.5) is 34.1 Å². The molecule has 0 spiro atoms. The fourth-order valence-corrected chi connectivity index (χ4v) is 12.1. The van der Waals surface area contributed by atoms with Gasteiger partial charge < -0.3 is 19.3 Å². The summed E-state index contributed by atoms with van der Waals surface area (Å²) in [7, 11) is 0. The SMILES string of the molecule is CC(C)c1ccc2c(N3c4ccccc4Oc4cc5c(cc43)sc3ccccc35)c3cc(C(C)C)ccc3c(N3c4ccccc4Oc4cc5c(cc43)sc3ccccc35)c2c1. The number of benzene rings is 9. The van der Waals surface area contributed by atoms with E-state index in [0.717, 1.165) is 57.1 Å². The number of hydrogen-bond donors (Lipinski definition) is 0. The molecule has 6 heteroatoms. The molecule has 0 N–H and O–H groups in total. The van der Waals surface area contributed by atoms with E-state index in [1.165, 1.54) is 73.0 Å². The van der Waals surface area contributed by atoms with Gasteiger partial charge in [0.25, 0.3) is 0 Å². The molecule has 2 aliphatic rings. The lowest BCUT2D eigenvalue weighted by atomic mass is 9.89. The summed E-state index contributed by atoms with van der Waals surface area (Å²) in [6.07, 6.45) is 0. The molecular formula is C56H40N2O2S2. The quantitative estimate of drug-likeness (QED) is 0.165. The molecule has 13 rings (SSSR count). The Morgan fingerprint density at radius 2 is 0.758 bits per heavy atom. The Hall–Kier alpha value is -6.86. The van der Waals surface area contributed by atoms with Gasteiger partial charge in [0.05, 0.1) is 34.1 Å². The molecule has 0 unspecified atom stereocenters. The molecule has 62 heavy (non-hydrogen) atoms. The van der Waals surface area contributed by atoms with E-state index in [4.69, 9.17) is 9.47 Å². The molecule has 0 fully saturated rings. The van der Waals surface area contributed by atoms with Crippen molar-refractivity contribution in [1.29, 1.82) is 0 Å². The fourth-order valence-electron chi connectivity index (χ4n) is 9.85. The summed E-state index contributed by atoms with van der Waals surface area (Å²) in [6.45, 7) is 9.17. The van der Waals surface area contributed by atoms with Crippen molar-refractivity contribution in [3.63, 3.8) is 0 Å². The Morgan fingerprint density at radius 1 is 0.339 bits per heavy atom. The van der Waals surface area contributed by atoms with Crippen LogP contribution in [0.2, 0.25) is 0 Å². The van der Waals surface area contributed by atoms with Crippen LogP contribution >= 0.6 is 22.7 Å². The van der Waals surface area contributed by atoms with Gasteiger partial charge in [-0.1, -0.05) is 113 Å². The van der Waals surface area contributed by atoms with Crippen LogP contribution in [0, 0.1) is 0 Å². The third-order valence-corrected chi connectivity index (χ3v) is 15.2. The first kappa shape index (κ1) is 35.9. The maximum absolute atomic E-state index is 6.89. The monoisotopic (exact) mass is 836 g/mol. The predicted molar refractivity (Wildman–Crippen MR) is 265 cm³/mol. The van der Waals surface area contributed by atoms with E-state index in [1.807, 2.05) is 22.7 Å². The van der Waals surface area contributed by atoms with E-state index < -0.39 is 0 Å². The molecular weight excluding hydrogens is 797 g/mol. The normalized spacial score (nSPS) is 13.3. The van der Waals surface area contributed by atoms with Crippen molar-refractivity contribution in [2.75, 3.05) is 9.80 Å². The molecule has 0 bridgehead atoms. The smallest absolute Gasteiger partial charge is 0.152 e. The number of rotatable bonds is 4. The van der Waals surface area contributed by atoms with E-state index >= 15 is 0 Å². The second kappa shape index (κ2) is 13.3. The van der Waals surface area contributed by atoms with Gasteiger partial charge in [0.15, 0.2) is 23.0 Å². The summed E-state index contributed by atoms with van der Waals surface area (Å²) in [6, 6.07) is 58.0. The van der Waals surface area contributed by atoms with Crippen LogP contribution in [0.15, 0.2) is 158 Å². The van der Waals surface area contributed by atoms with Gasteiger partial charge in [0.1, 0.15) is 0 Å². The standard InChI is InChI=1S/C56H40N2O2S2/c1-31(2)33-21-23-37-41(25-33)55(57-43-15-7-9-17-47(43)59-49-27-39-35-13-5-11-19-51(35)61-53(39)29-45(49)57)38-24-22-34(32(3)4)26-42(38)56(37)58-44-16-8-10-18-48(44)60-50-28-40-36-14-6-12-20-52(36)62-54(40)30-46(50)58/h5-32H,1-4H3. The van der Waals surface area contributed by atoms with Crippen LogP contribution < -0.4 is 19.3 Å². The maximum atomic E-state index is 6.89. The minimum Gasteiger partial charge on any atom is -0.453 e. The predicted octanol–water partition coefficient (Wildman–Crippen LogP) is 18.1.